The minimum absolute atomic E-state index is 0.259. The Morgan fingerprint density at radius 1 is 1.04 bits per heavy atom. The molecule has 7 rings (SSSR count). The molecule has 0 unspecified atom stereocenters. The molecular formula is C19H19FN4S. The average Bonchev–Trinajstić information content (AvgIpc) is 3.14. The van der Waals surface area contributed by atoms with Gasteiger partial charge in [0.15, 0.2) is 5.82 Å². The summed E-state index contributed by atoms with van der Waals surface area (Å²) < 4.78 is 15.4. The van der Waals surface area contributed by atoms with E-state index in [-0.39, 0.29) is 11.2 Å². The third kappa shape index (κ3) is 2.06. The lowest BCUT2D eigenvalue weighted by atomic mass is 9.50. The van der Waals surface area contributed by atoms with Crippen LogP contribution in [0.25, 0.3) is 16.3 Å². The van der Waals surface area contributed by atoms with E-state index in [4.69, 9.17) is 5.10 Å². The zero-order chi connectivity index (χ0) is 16.6. The van der Waals surface area contributed by atoms with Gasteiger partial charge in [-0.1, -0.05) is 23.5 Å². The Labute approximate surface area is 149 Å². The van der Waals surface area contributed by atoms with Gasteiger partial charge in [0.25, 0.3) is 0 Å². The fourth-order valence-electron chi connectivity index (χ4n) is 6.01. The van der Waals surface area contributed by atoms with Crippen molar-refractivity contribution in [1.29, 1.82) is 0 Å². The first-order chi connectivity index (χ1) is 12.2. The molecular weight excluding hydrogens is 335 g/mol. The quantitative estimate of drug-likeness (QED) is 0.682. The van der Waals surface area contributed by atoms with Gasteiger partial charge in [-0.3, -0.25) is 0 Å². The van der Waals surface area contributed by atoms with Crippen LogP contribution in [-0.2, 0) is 5.41 Å². The van der Waals surface area contributed by atoms with E-state index in [2.05, 4.69) is 10.2 Å². The van der Waals surface area contributed by atoms with E-state index in [1.165, 1.54) is 55.7 Å². The van der Waals surface area contributed by atoms with Crippen LogP contribution in [0.15, 0.2) is 24.3 Å². The number of hydrogen-bond acceptors (Lipinski definition) is 4. The lowest BCUT2D eigenvalue weighted by Gasteiger charge is -2.55. The molecule has 4 fully saturated rings. The minimum Gasteiger partial charge on any atom is -0.207 e. The van der Waals surface area contributed by atoms with E-state index in [0.717, 1.165) is 28.3 Å². The number of hydrogen-bond donors (Lipinski definition) is 0. The lowest BCUT2D eigenvalue weighted by molar-refractivity contribution is -0.00565. The molecule has 4 saturated carbocycles. The lowest BCUT2D eigenvalue weighted by Crippen LogP contribution is -2.48. The van der Waals surface area contributed by atoms with Crippen LogP contribution in [0.4, 0.5) is 4.39 Å². The largest absolute Gasteiger partial charge is 0.234 e. The second-order valence-electron chi connectivity index (χ2n) is 8.33. The monoisotopic (exact) mass is 354 g/mol. The zero-order valence-corrected chi connectivity index (χ0v) is 14.7. The Bertz CT molecular complexity index is 940. The highest BCUT2D eigenvalue weighted by molar-refractivity contribution is 7.16. The van der Waals surface area contributed by atoms with Crippen LogP contribution >= 0.6 is 11.3 Å². The molecule has 0 atom stereocenters. The van der Waals surface area contributed by atoms with Crippen molar-refractivity contribution >= 4 is 16.3 Å². The van der Waals surface area contributed by atoms with Crippen molar-refractivity contribution in [3.05, 3.63) is 35.1 Å². The van der Waals surface area contributed by atoms with Gasteiger partial charge in [0, 0.05) is 11.0 Å². The molecule has 1 aromatic carbocycles. The summed E-state index contributed by atoms with van der Waals surface area (Å²) in [5, 5.41) is 14.8. The Kier molecular flexibility index (Phi) is 2.80. The SMILES string of the molecule is Fc1cccc(-c2nnc3sc(C45CC6CC(CC(C6)C4)C5)nn23)c1. The van der Waals surface area contributed by atoms with E-state index in [0.29, 0.717) is 5.82 Å². The maximum Gasteiger partial charge on any atom is 0.234 e. The van der Waals surface area contributed by atoms with Crippen LogP contribution in [0.1, 0.15) is 43.5 Å². The fraction of sp³-hybridized carbons (Fsp3) is 0.526. The third-order valence-electron chi connectivity index (χ3n) is 6.57. The van der Waals surface area contributed by atoms with Crippen molar-refractivity contribution in [3.8, 4) is 11.4 Å². The highest BCUT2D eigenvalue weighted by Crippen LogP contribution is 2.61. The van der Waals surface area contributed by atoms with Gasteiger partial charge in [-0.2, -0.15) is 9.61 Å². The van der Waals surface area contributed by atoms with Gasteiger partial charge >= 0.3 is 0 Å². The molecule has 128 valence electrons. The first kappa shape index (κ1) is 14.4. The van der Waals surface area contributed by atoms with Gasteiger partial charge in [-0.25, -0.2) is 4.39 Å². The van der Waals surface area contributed by atoms with Crippen molar-refractivity contribution in [1.82, 2.24) is 19.8 Å². The summed E-state index contributed by atoms with van der Waals surface area (Å²) in [6.45, 7) is 0. The predicted molar refractivity (Wildman–Crippen MR) is 93.9 cm³/mol. The van der Waals surface area contributed by atoms with Gasteiger partial charge in [0.05, 0.1) is 0 Å². The second-order valence-corrected chi connectivity index (χ2v) is 9.29. The van der Waals surface area contributed by atoms with Crippen LogP contribution in [0.2, 0.25) is 0 Å². The Balaban J connectivity index is 1.46. The first-order valence-corrected chi connectivity index (χ1v) is 9.99. The van der Waals surface area contributed by atoms with Crippen LogP contribution in [-0.4, -0.2) is 19.8 Å². The van der Waals surface area contributed by atoms with Gasteiger partial charge in [0.1, 0.15) is 10.8 Å². The fourth-order valence-corrected chi connectivity index (χ4v) is 7.07. The summed E-state index contributed by atoms with van der Waals surface area (Å²) in [5.74, 6) is 3.06. The summed E-state index contributed by atoms with van der Waals surface area (Å²) in [5.41, 5.74) is 0.995. The topological polar surface area (TPSA) is 43.1 Å². The number of rotatable bonds is 2. The zero-order valence-electron chi connectivity index (χ0n) is 13.9. The number of halogens is 1. The van der Waals surface area contributed by atoms with E-state index >= 15 is 0 Å². The molecule has 3 aromatic rings. The highest BCUT2D eigenvalue weighted by Gasteiger charge is 2.53. The van der Waals surface area contributed by atoms with Gasteiger partial charge in [-0.15, -0.1) is 10.2 Å². The van der Waals surface area contributed by atoms with Gasteiger partial charge in [-0.05, 0) is 68.4 Å². The molecule has 0 radical (unpaired) electrons. The maximum absolute atomic E-state index is 13.6. The normalized spacial score (nSPS) is 33.4. The molecule has 0 aliphatic heterocycles. The number of benzene rings is 1. The van der Waals surface area contributed by atoms with Crippen molar-refractivity contribution < 1.29 is 4.39 Å². The van der Waals surface area contributed by atoms with Gasteiger partial charge in [0.2, 0.25) is 4.96 Å². The van der Waals surface area contributed by atoms with E-state index in [1.807, 2.05) is 10.6 Å². The molecule has 4 nitrogen and oxygen atoms in total. The molecule has 0 N–H and O–H groups in total. The maximum atomic E-state index is 13.6. The summed E-state index contributed by atoms with van der Waals surface area (Å²) in [4.78, 5) is 0.824. The molecule has 0 spiro atoms. The molecule has 4 aliphatic rings. The predicted octanol–water partition coefficient (Wildman–Crippen LogP) is 4.46. The summed E-state index contributed by atoms with van der Waals surface area (Å²) >= 11 is 1.69. The molecule has 0 saturated heterocycles. The molecule has 0 amide bonds. The highest BCUT2D eigenvalue weighted by atomic mass is 32.1. The molecule has 6 heteroatoms. The van der Waals surface area contributed by atoms with Crippen molar-refractivity contribution in [2.75, 3.05) is 0 Å². The smallest absolute Gasteiger partial charge is 0.207 e. The summed E-state index contributed by atoms with van der Waals surface area (Å²) in [7, 11) is 0. The Hall–Kier alpha value is -1.82. The van der Waals surface area contributed by atoms with E-state index < -0.39 is 0 Å². The first-order valence-electron chi connectivity index (χ1n) is 9.17. The van der Waals surface area contributed by atoms with Crippen LogP contribution in [0.3, 0.4) is 0 Å². The van der Waals surface area contributed by atoms with Gasteiger partial charge < -0.3 is 0 Å². The van der Waals surface area contributed by atoms with Crippen LogP contribution in [0, 0.1) is 23.6 Å². The molecule has 25 heavy (non-hydrogen) atoms. The minimum atomic E-state index is -0.259. The van der Waals surface area contributed by atoms with E-state index in [1.54, 1.807) is 17.4 Å². The van der Waals surface area contributed by atoms with Crippen molar-refractivity contribution in [3.63, 3.8) is 0 Å². The average molecular weight is 354 g/mol. The molecule has 4 aliphatic carbocycles. The number of nitrogens with zero attached hydrogens (tertiary/aromatic N) is 4. The van der Waals surface area contributed by atoms with E-state index in [9.17, 15) is 4.39 Å². The molecule has 2 aromatic heterocycles. The molecule has 4 bridgehead atoms. The Morgan fingerprint density at radius 2 is 1.76 bits per heavy atom. The second kappa shape index (κ2) is 4.87. The van der Waals surface area contributed by atoms with Crippen LogP contribution < -0.4 is 0 Å². The Morgan fingerprint density at radius 3 is 2.44 bits per heavy atom. The van der Waals surface area contributed by atoms with Crippen molar-refractivity contribution in [2.24, 2.45) is 17.8 Å². The summed E-state index contributed by atoms with van der Waals surface area (Å²) in [6, 6.07) is 6.52. The number of fused-ring (bicyclic) bond motifs is 1. The standard InChI is InChI=1S/C19H19FN4S/c20-15-3-1-2-14(7-15)16-21-22-18-24(16)23-17(25-18)19-8-11-4-12(9-19)6-13(5-11)10-19/h1-3,7,11-13H,4-6,8-10H2. The third-order valence-corrected chi connectivity index (χ3v) is 7.71. The van der Waals surface area contributed by atoms with Crippen molar-refractivity contribution in [2.45, 2.75) is 43.9 Å². The summed E-state index contributed by atoms with van der Waals surface area (Å²) in [6.07, 6.45) is 8.16. The van der Waals surface area contributed by atoms with Crippen LogP contribution in [0.5, 0.6) is 0 Å². The number of aromatic nitrogens is 4. The molecule has 2 heterocycles.